The quantitative estimate of drug-likeness (QED) is 0.825. The van der Waals surface area contributed by atoms with Gasteiger partial charge in [0.2, 0.25) is 0 Å². The van der Waals surface area contributed by atoms with E-state index in [4.69, 9.17) is 4.98 Å². The van der Waals surface area contributed by atoms with Crippen LogP contribution in [0, 0.1) is 0 Å². The number of nitrogens with zero attached hydrogens (tertiary/aromatic N) is 4. The van der Waals surface area contributed by atoms with E-state index in [1.54, 1.807) is 0 Å². The molecule has 1 aliphatic rings. The normalized spacial score (nSPS) is 16.5. The van der Waals surface area contributed by atoms with Crippen LogP contribution in [0.1, 0.15) is 13.3 Å². The number of nitrogens with one attached hydrogen (secondary N) is 1. The van der Waals surface area contributed by atoms with Crippen LogP contribution in [-0.2, 0) is 0 Å². The molecular formula is C16H29N5. The first-order chi connectivity index (χ1) is 10.2. The smallest absolute Gasteiger partial charge is 0.131 e. The number of pyridine rings is 1. The second kappa shape index (κ2) is 8.20. The lowest BCUT2D eigenvalue weighted by Crippen LogP contribution is -2.48. The SMILES string of the molecule is CCCNc1cccc(N2CCN(CCN(C)C)CC2)n1. The van der Waals surface area contributed by atoms with Gasteiger partial charge in [-0.1, -0.05) is 13.0 Å². The Morgan fingerprint density at radius 2 is 1.95 bits per heavy atom. The van der Waals surface area contributed by atoms with Crippen molar-refractivity contribution >= 4 is 11.6 Å². The van der Waals surface area contributed by atoms with Gasteiger partial charge in [0.05, 0.1) is 0 Å². The summed E-state index contributed by atoms with van der Waals surface area (Å²) >= 11 is 0. The van der Waals surface area contributed by atoms with Crippen molar-refractivity contribution < 1.29 is 0 Å². The van der Waals surface area contributed by atoms with Crippen molar-refractivity contribution in [2.75, 3.05) is 70.1 Å². The van der Waals surface area contributed by atoms with E-state index in [1.165, 1.54) is 0 Å². The topological polar surface area (TPSA) is 34.6 Å². The summed E-state index contributed by atoms with van der Waals surface area (Å²) in [6.45, 7) is 9.83. The lowest BCUT2D eigenvalue weighted by Gasteiger charge is -2.36. The van der Waals surface area contributed by atoms with Crippen molar-refractivity contribution in [2.45, 2.75) is 13.3 Å². The van der Waals surface area contributed by atoms with Crippen molar-refractivity contribution in [3.05, 3.63) is 18.2 Å². The summed E-state index contributed by atoms with van der Waals surface area (Å²) in [5.41, 5.74) is 0. The zero-order chi connectivity index (χ0) is 15.1. The van der Waals surface area contributed by atoms with Gasteiger partial charge >= 0.3 is 0 Å². The van der Waals surface area contributed by atoms with Gasteiger partial charge in [0, 0.05) is 45.8 Å². The molecule has 1 aliphatic heterocycles. The van der Waals surface area contributed by atoms with Crippen LogP contribution in [0.15, 0.2) is 18.2 Å². The average Bonchev–Trinajstić information content (AvgIpc) is 2.51. The van der Waals surface area contributed by atoms with Crippen LogP contribution < -0.4 is 10.2 Å². The molecule has 5 heteroatoms. The fourth-order valence-electron chi connectivity index (χ4n) is 2.49. The summed E-state index contributed by atoms with van der Waals surface area (Å²) in [7, 11) is 4.27. The molecule has 0 aliphatic carbocycles. The molecule has 0 saturated carbocycles. The molecule has 118 valence electrons. The number of hydrogen-bond acceptors (Lipinski definition) is 5. The minimum atomic E-state index is 0.981. The Balaban J connectivity index is 1.84. The Morgan fingerprint density at radius 3 is 2.62 bits per heavy atom. The number of aromatic nitrogens is 1. The predicted molar refractivity (Wildman–Crippen MR) is 90.2 cm³/mol. The third-order valence-electron chi connectivity index (χ3n) is 3.85. The monoisotopic (exact) mass is 291 g/mol. The fraction of sp³-hybridized carbons (Fsp3) is 0.688. The van der Waals surface area contributed by atoms with Crippen molar-refractivity contribution in [2.24, 2.45) is 0 Å². The fourth-order valence-corrected chi connectivity index (χ4v) is 2.49. The predicted octanol–water partition coefficient (Wildman–Crippen LogP) is 1.59. The Bertz CT molecular complexity index is 413. The van der Waals surface area contributed by atoms with Gasteiger partial charge in [-0.25, -0.2) is 4.98 Å². The number of likely N-dealkylation sites (N-methyl/N-ethyl adjacent to an activating group) is 1. The maximum absolute atomic E-state index is 4.72. The Hall–Kier alpha value is -1.33. The minimum Gasteiger partial charge on any atom is -0.370 e. The third kappa shape index (κ3) is 5.17. The molecule has 0 spiro atoms. The number of anilines is 2. The summed E-state index contributed by atoms with van der Waals surface area (Å²) in [6.07, 6.45) is 1.12. The Kier molecular flexibility index (Phi) is 6.26. The van der Waals surface area contributed by atoms with Crippen molar-refractivity contribution in [1.29, 1.82) is 0 Å². The highest BCUT2D eigenvalue weighted by atomic mass is 15.3. The van der Waals surface area contributed by atoms with Crippen LogP contribution in [0.3, 0.4) is 0 Å². The van der Waals surface area contributed by atoms with Crippen LogP contribution in [0.4, 0.5) is 11.6 Å². The van der Waals surface area contributed by atoms with E-state index in [2.05, 4.69) is 53.2 Å². The summed E-state index contributed by atoms with van der Waals surface area (Å²) in [6, 6.07) is 6.26. The van der Waals surface area contributed by atoms with E-state index < -0.39 is 0 Å². The molecule has 1 aromatic rings. The second-order valence-corrected chi connectivity index (χ2v) is 5.94. The highest BCUT2D eigenvalue weighted by molar-refractivity contribution is 5.47. The molecule has 1 fully saturated rings. The van der Waals surface area contributed by atoms with Gasteiger partial charge in [0.15, 0.2) is 0 Å². The van der Waals surface area contributed by atoms with Crippen LogP contribution in [0.2, 0.25) is 0 Å². The zero-order valence-corrected chi connectivity index (χ0v) is 13.7. The highest BCUT2D eigenvalue weighted by Crippen LogP contribution is 2.16. The summed E-state index contributed by atoms with van der Waals surface area (Å²) in [4.78, 5) is 11.9. The molecule has 0 atom stereocenters. The van der Waals surface area contributed by atoms with Gasteiger partial charge in [-0.15, -0.1) is 0 Å². The van der Waals surface area contributed by atoms with Gasteiger partial charge in [-0.2, -0.15) is 0 Å². The highest BCUT2D eigenvalue weighted by Gasteiger charge is 2.17. The third-order valence-corrected chi connectivity index (χ3v) is 3.85. The molecule has 1 aromatic heterocycles. The molecule has 5 nitrogen and oxygen atoms in total. The van der Waals surface area contributed by atoms with Crippen molar-refractivity contribution in [3.8, 4) is 0 Å². The number of piperazine rings is 1. The molecule has 0 radical (unpaired) electrons. The van der Waals surface area contributed by atoms with E-state index in [9.17, 15) is 0 Å². The maximum atomic E-state index is 4.72. The standard InChI is InChI=1S/C16H29N5/c1-4-8-17-15-6-5-7-16(18-15)21-13-11-20(12-14-21)10-9-19(2)3/h5-7H,4,8-14H2,1-3H3,(H,17,18). The molecule has 0 unspecified atom stereocenters. The van der Waals surface area contributed by atoms with E-state index in [0.29, 0.717) is 0 Å². The van der Waals surface area contributed by atoms with E-state index >= 15 is 0 Å². The van der Waals surface area contributed by atoms with Crippen LogP contribution in [0.5, 0.6) is 0 Å². The largest absolute Gasteiger partial charge is 0.370 e. The first-order valence-electron chi connectivity index (χ1n) is 8.02. The molecule has 2 heterocycles. The van der Waals surface area contributed by atoms with E-state index in [1.807, 2.05) is 6.07 Å². The van der Waals surface area contributed by atoms with Gasteiger partial charge in [0.25, 0.3) is 0 Å². The molecule has 2 rings (SSSR count). The molecule has 0 bridgehead atoms. The van der Waals surface area contributed by atoms with E-state index in [0.717, 1.165) is 63.9 Å². The lowest BCUT2D eigenvalue weighted by molar-refractivity contribution is 0.229. The first kappa shape index (κ1) is 16.0. The van der Waals surface area contributed by atoms with E-state index in [-0.39, 0.29) is 0 Å². The second-order valence-electron chi connectivity index (χ2n) is 5.94. The Labute approximate surface area is 128 Å². The average molecular weight is 291 g/mol. The van der Waals surface area contributed by atoms with Crippen LogP contribution >= 0.6 is 0 Å². The Morgan fingerprint density at radius 1 is 1.19 bits per heavy atom. The maximum Gasteiger partial charge on any atom is 0.131 e. The number of rotatable bonds is 7. The zero-order valence-electron chi connectivity index (χ0n) is 13.7. The minimum absolute atomic E-state index is 0.981. The molecule has 1 saturated heterocycles. The van der Waals surface area contributed by atoms with Crippen molar-refractivity contribution in [3.63, 3.8) is 0 Å². The number of hydrogen-bond donors (Lipinski definition) is 1. The van der Waals surface area contributed by atoms with Crippen LogP contribution in [-0.4, -0.2) is 74.7 Å². The molecule has 0 aromatic carbocycles. The van der Waals surface area contributed by atoms with Gasteiger partial charge in [-0.3, -0.25) is 4.90 Å². The van der Waals surface area contributed by atoms with Gasteiger partial charge in [0.1, 0.15) is 11.6 Å². The van der Waals surface area contributed by atoms with Gasteiger partial charge < -0.3 is 15.1 Å². The summed E-state index contributed by atoms with van der Waals surface area (Å²) in [5, 5.41) is 3.36. The summed E-state index contributed by atoms with van der Waals surface area (Å²) in [5.74, 6) is 2.09. The molecule has 1 N–H and O–H groups in total. The molecular weight excluding hydrogens is 262 g/mol. The summed E-state index contributed by atoms with van der Waals surface area (Å²) < 4.78 is 0. The van der Waals surface area contributed by atoms with Gasteiger partial charge in [-0.05, 0) is 32.6 Å². The first-order valence-corrected chi connectivity index (χ1v) is 8.02. The lowest BCUT2D eigenvalue weighted by atomic mass is 10.3. The van der Waals surface area contributed by atoms with Crippen LogP contribution in [0.25, 0.3) is 0 Å². The molecule has 21 heavy (non-hydrogen) atoms. The molecule has 0 amide bonds. The van der Waals surface area contributed by atoms with Crippen molar-refractivity contribution in [1.82, 2.24) is 14.8 Å².